The molecule has 5 heteroatoms. The van der Waals surface area contributed by atoms with Gasteiger partial charge in [0.05, 0.1) is 12.7 Å². The highest BCUT2D eigenvalue weighted by Gasteiger charge is 2.42. The van der Waals surface area contributed by atoms with Gasteiger partial charge < -0.3 is 10.5 Å². The summed E-state index contributed by atoms with van der Waals surface area (Å²) in [4.78, 5) is 11.5. The lowest BCUT2D eigenvalue weighted by Gasteiger charge is -2.37. The molecule has 104 valence electrons. The third-order valence-electron chi connectivity index (χ3n) is 3.73. The number of hydrogen-bond donors (Lipinski definition) is 1. The van der Waals surface area contributed by atoms with Crippen molar-refractivity contribution in [1.29, 1.82) is 0 Å². The number of nitrogens with two attached hydrogens (primary N) is 1. The Labute approximate surface area is 110 Å². The number of esters is 1. The molecule has 0 radical (unpaired) electrons. The second-order valence-electron chi connectivity index (χ2n) is 5.08. The Balaban J connectivity index is 2.24. The van der Waals surface area contributed by atoms with Crippen LogP contribution in [0.2, 0.25) is 0 Å². The molecule has 1 saturated carbocycles. The molecule has 0 amide bonds. The highest BCUT2D eigenvalue weighted by Crippen LogP contribution is 2.42. The molecular weight excluding hydrogens is 252 g/mol. The number of rotatable bonds is 2. The van der Waals surface area contributed by atoms with Gasteiger partial charge in [0.25, 0.3) is 0 Å². The van der Waals surface area contributed by atoms with Crippen molar-refractivity contribution in [2.75, 3.05) is 7.11 Å². The molecule has 0 spiro atoms. The van der Waals surface area contributed by atoms with Crippen LogP contribution in [0.1, 0.15) is 41.6 Å². The van der Waals surface area contributed by atoms with Gasteiger partial charge in [-0.2, -0.15) is 0 Å². The van der Waals surface area contributed by atoms with Crippen LogP contribution in [0.15, 0.2) is 24.3 Å². The van der Waals surface area contributed by atoms with Crippen molar-refractivity contribution in [3.63, 3.8) is 0 Å². The van der Waals surface area contributed by atoms with Gasteiger partial charge in [-0.1, -0.05) is 12.1 Å². The minimum absolute atomic E-state index is 0.213. The molecule has 1 aliphatic carbocycles. The van der Waals surface area contributed by atoms with E-state index in [-0.39, 0.29) is 25.7 Å². The van der Waals surface area contributed by atoms with Crippen LogP contribution in [0, 0.1) is 0 Å². The van der Waals surface area contributed by atoms with Crippen molar-refractivity contribution >= 4 is 5.97 Å². The number of halogens is 2. The van der Waals surface area contributed by atoms with Crippen molar-refractivity contribution in [3.05, 3.63) is 35.4 Å². The average molecular weight is 269 g/mol. The summed E-state index contributed by atoms with van der Waals surface area (Å²) in [6.45, 7) is 0. The quantitative estimate of drug-likeness (QED) is 0.840. The SMILES string of the molecule is COC(=O)c1cccc(C2(N)CCC(F)(F)CC2)c1. The summed E-state index contributed by atoms with van der Waals surface area (Å²) < 4.78 is 31.0. The van der Waals surface area contributed by atoms with Crippen molar-refractivity contribution in [2.45, 2.75) is 37.1 Å². The van der Waals surface area contributed by atoms with Crippen molar-refractivity contribution in [1.82, 2.24) is 0 Å². The third-order valence-corrected chi connectivity index (χ3v) is 3.73. The number of benzene rings is 1. The summed E-state index contributed by atoms with van der Waals surface area (Å²) in [5.41, 5.74) is 6.55. The van der Waals surface area contributed by atoms with E-state index in [0.29, 0.717) is 11.1 Å². The van der Waals surface area contributed by atoms with Gasteiger partial charge in [0.15, 0.2) is 0 Å². The Morgan fingerprint density at radius 1 is 1.26 bits per heavy atom. The zero-order chi connectivity index (χ0) is 14.1. The van der Waals surface area contributed by atoms with E-state index in [0.717, 1.165) is 0 Å². The normalized spacial score (nSPS) is 20.8. The number of ether oxygens (including phenoxy) is 1. The van der Waals surface area contributed by atoms with Crippen molar-refractivity contribution in [2.24, 2.45) is 5.73 Å². The maximum Gasteiger partial charge on any atom is 0.337 e. The van der Waals surface area contributed by atoms with Crippen molar-refractivity contribution < 1.29 is 18.3 Å². The lowest BCUT2D eigenvalue weighted by molar-refractivity contribution is -0.0514. The van der Waals surface area contributed by atoms with Crippen LogP contribution in [0.25, 0.3) is 0 Å². The first kappa shape index (κ1) is 13.9. The van der Waals surface area contributed by atoms with Gasteiger partial charge >= 0.3 is 5.97 Å². The van der Waals surface area contributed by atoms with E-state index in [2.05, 4.69) is 4.74 Å². The highest BCUT2D eigenvalue weighted by atomic mass is 19.3. The second kappa shape index (κ2) is 4.89. The molecule has 19 heavy (non-hydrogen) atoms. The molecule has 2 N–H and O–H groups in total. The fraction of sp³-hybridized carbons (Fsp3) is 0.500. The zero-order valence-corrected chi connectivity index (χ0v) is 10.8. The Morgan fingerprint density at radius 3 is 2.47 bits per heavy atom. The van der Waals surface area contributed by atoms with Crippen LogP contribution >= 0.6 is 0 Å². The maximum absolute atomic E-state index is 13.2. The number of methoxy groups -OCH3 is 1. The molecule has 1 fully saturated rings. The van der Waals surface area contributed by atoms with E-state index in [9.17, 15) is 13.6 Å². The molecule has 0 bridgehead atoms. The topological polar surface area (TPSA) is 52.3 Å². The Hall–Kier alpha value is -1.49. The minimum atomic E-state index is -2.62. The van der Waals surface area contributed by atoms with Crippen LogP contribution in [0.4, 0.5) is 8.78 Å². The third kappa shape index (κ3) is 2.92. The molecule has 0 atom stereocenters. The summed E-state index contributed by atoms with van der Waals surface area (Å²) in [5, 5.41) is 0. The zero-order valence-electron chi connectivity index (χ0n) is 10.8. The molecule has 2 rings (SSSR count). The van der Waals surface area contributed by atoms with Gasteiger partial charge in [-0.05, 0) is 30.5 Å². The molecule has 0 aromatic heterocycles. The predicted molar refractivity (Wildman–Crippen MR) is 67.1 cm³/mol. The van der Waals surface area contributed by atoms with Gasteiger partial charge in [-0.25, -0.2) is 13.6 Å². The van der Waals surface area contributed by atoms with Crippen molar-refractivity contribution in [3.8, 4) is 0 Å². The van der Waals surface area contributed by atoms with E-state index < -0.39 is 17.4 Å². The van der Waals surface area contributed by atoms with Crippen LogP contribution < -0.4 is 5.73 Å². The lowest BCUT2D eigenvalue weighted by Crippen LogP contribution is -2.43. The number of alkyl halides is 2. The molecule has 0 saturated heterocycles. The first-order valence-electron chi connectivity index (χ1n) is 6.22. The summed E-state index contributed by atoms with van der Waals surface area (Å²) in [6.07, 6.45) is -0.00679. The first-order chi connectivity index (χ1) is 8.86. The molecule has 1 aromatic rings. The molecule has 1 aliphatic rings. The maximum atomic E-state index is 13.2. The van der Waals surface area contributed by atoms with Crippen LogP contribution in [0.3, 0.4) is 0 Å². The monoisotopic (exact) mass is 269 g/mol. The van der Waals surface area contributed by atoms with Gasteiger partial charge in [0, 0.05) is 18.4 Å². The van der Waals surface area contributed by atoms with E-state index in [4.69, 9.17) is 5.73 Å². The van der Waals surface area contributed by atoms with E-state index in [1.54, 1.807) is 24.3 Å². The number of carbonyl (C=O) groups excluding carboxylic acids is 1. The first-order valence-corrected chi connectivity index (χ1v) is 6.22. The molecule has 0 aliphatic heterocycles. The fourth-order valence-corrected chi connectivity index (χ4v) is 2.42. The Morgan fingerprint density at radius 2 is 1.89 bits per heavy atom. The van der Waals surface area contributed by atoms with Crippen LogP contribution in [0.5, 0.6) is 0 Å². The standard InChI is InChI=1S/C14H17F2NO2/c1-19-12(18)10-3-2-4-11(9-10)13(17)5-7-14(15,16)8-6-13/h2-4,9H,5-8,17H2,1H3. The average Bonchev–Trinajstić information content (AvgIpc) is 2.42. The molecule has 3 nitrogen and oxygen atoms in total. The van der Waals surface area contributed by atoms with E-state index in [1.807, 2.05) is 0 Å². The largest absolute Gasteiger partial charge is 0.465 e. The molecule has 0 heterocycles. The summed E-state index contributed by atoms with van der Waals surface area (Å²) in [6, 6.07) is 6.73. The Kier molecular flexibility index (Phi) is 3.58. The van der Waals surface area contributed by atoms with Crippen LogP contribution in [-0.4, -0.2) is 19.0 Å². The Bertz CT molecular complexity index is 478. The lowest BCUT2D eigenvalue weighted by atomic mass is 9.76. The van der Waals surface area contributed by atoms with Crippen LogP contribution in [-0.2, 0) is 10.3 Å². The number of hydrogen-bond acceptors (Lipinski definition) is 3. The van der Waals surface area contributed by atoms with E-state index >= 15 is 0 Å². The van der Waals surface area contributed by atoms with Gasteiger partial charge in [-0.15, -0.1) is 0 Å². The van der Waals surface area contributed by atoms with Gasteiger partial charge in [-0.3, -0.25) is 0 Å². The second-order valence-corrected chi connectivity index (χ2v) is 5.08. The summed E-state index contributed by atoms with van der Waals surface area (Å²) in [5.74, 6) is -3.07. The molecule has 0 unspecified atom stereocenters. The fourth-order valence-electron chi connectivity index (χ4n) is 2.42. The summed E-state index contributed by atoms with van der Waals surface area (Å²) in [7, 11) is 1.30. The number of carbonyl (C=O) groups is 1. The molecular formula is C14H17F2NO2. The summed E-state index contributed by atoms with van der Waals surface area (Å²) >= 11 is 0. The smallest absolute Gasteiger partial charge is 0.337 e. The van der Waals surface area contributed by atoms with E-state index in [1.165, 1.54) is 7.11 Å². The van der Waals surface area contributed by atoms with Gasteiger partial charge in [0.1, 0.15) is 0 Å². The van der Waals surface area contributed by atoms with Gasteiger partial charge in [0.2, 0.25) is 5.92 Å². The minimum Gasteiger partial charge on any atom is -0.465 e. The molecule has 1 aromatic carbocycles. The highest BCUT2D eigenvalue weighted by molar-refractivity contribution is 5.89. The predicted octanol–water partition coefficient (Wildman–Crippen LogP) is 2.84.